The fraction of sp³-hybridized carbons (Fsp3) is 0.100. The van der Waals surface area contributed by atoms with Crippen molar-refractivity contribution in [3.05, 3.63) is 58.3 Å². The third-order valence-electron chi connectivity index (χ3n) is 5.47. The predicted octanol–water partition coefficient (Wildman–Crippen LogP) is 4.01. The van der Waals surface area contributed by atoms with E-state index in [1.807, 2.05) is 0 Å². The molecule has 0 bridgehead atoms. The van der Waals surface area contributed by atoms with E-state index < -0.39 is 0 Å². The van der Waals surface area contributed by atoms with E-state index in [4.69, 9.17) is 0 Å². The SMILES string of the molecule is C1=C2c3cc4cc5c6c(cc7c5c7c4ccc3=C[C@H]12)C6. The van der Waals surface area contributed by atoms with Gasteiger partial charge in [-0.2, -0.15) is 0 Å². The van der Waals surface area contributed by atoms with Crippen molar-refractivity contribution in [2.75, 3.05) is 0 Å². The molecule has 0 fully saturated rings. The maximum absolute atomic E-state index is 2.44. The van der Waals surface area contributed by atoms with Gasteiger partial charge in [-0.05, 0) is 84.4 Å². The van der Waals surface area contributed by atoms with Gasteiger partial charge in [-0.25, -0.2) is 0 Å². The van der Waals surface area contributed by atoms with E-state index in [1.165, 1.54) is 44.1 Å². The van der Waals surface area contributed by atoms with E-state index in [0.717, 1.165) is 0 Å². The molecule has 3 aliphatic carbocycles. The Bertz CT molecular complexity index is 1200. The van der Waals surface area contributed by atoms with Crippen LogP contribution in [-0.2, 0) is 6.42 Å². The first-order valence-electron chi connectivity index (χ1n) is 7.38. The van der Waals surface area contributed by atoms with Crippen LogP contribution in [0.1, 0.15) is 16.7 Å². The average molecular weight is 250 g/mol. The maximum Gasteiger partial charge on any atom is 0.0217 e. The normalized spacial score (nSPS) is 21.0. The van der Waals surface area contributed by atoms with Gasteiger partial charge in [0.05, 0.1) is 0 Å². The topological polar surface area (TPSA) is 0 Å². The molecule has 0 saturated heterocycles. The van der Waals surface area contributed by atoms with Crippen molar-refractivity contribution in [2.45, 2.75) is 6.42 Å². The third kappa shape index (κ3) is 0.805. The minimum Gasteiger partial charge on any atom is -0.0684 e. The smallest absolute Gasteiger partial charge is 0.0217 e. The Morgan fingerprint density at radius 2 is 1.80 bits per heavy atom. The zero-order valence-electron chi connectivity index (χ0n) is 10.8. The zero-order chi connectivity index (χ0) is 12.6. The van der Waals surface area contributed by atoms with Gasteiger partial charge in [-0.15, -0.1) is 0 Å². The lowest BCUT2D eigenvalue weighted by Crippen LogP contribution is -1.97. The quantitative estimate of drug-likeness (QED) is 0.389. The molecule has 0 unspecified atom stereocenters. The molecule has 7 rings (SSSR count). The molecule has 0 amide bonds. The number of hydrogen-bond donors (Lipinski definition) is 0. The molecule has 0 saturated carbocycles. The van der Waals surface area contributed by atoms with Crippen LogP contribution in [-0.4, -0.2) is 0 Å². The van der Waals surface area contributed by atoms with Crippen LogP contribution in [0, 0.1) is 5.92 Å². The van der Waals surface area contributed by atoms with E-state index >= 15 is 0 Å². The van der Waals surface area contributed by atoms with Crippen molar-refractivity contribution in [3.63, 3.8) is 0 Å². The summed E-state index contributed by atoms with van der Waals surface area (Å²) in [6, 6.07) is 11.9. The fourth-order valence-corrected chi connectivity index (χ4v) is 4.26. The van der Waals surface area contributed by atoms with E-state index in [0.29, 0.717) is 5.92 Å². The molecule has 0 N–H and O–H groups in total. The van der Waals surface area contributed by atoms with Gasteiger partial charge in [0.1, 0.15) is 0 Å². The van der Waals surface area contributed by atoms with Gasteiger partial charge in [0, 0.05) is 5.92 Å². The number of fused-ring (bicyclic) bond motifs is 8. The standard InChI is InChI=1S/C20H10/c1-2-13-11(5-14-9(1)3-10-4-15(10)14)7-17-16-6-12(16)8-18-19(13)20(17)18/h1-5,7-8,10H,6H2/t10-/m1/s1. The highest BCUT2D eigenvalue weighted by Crippen LogP contribution is 2.52. The van der Waals surface area contributed by atoms with Crippen molar-refractivity contribution in [2.24, 2.45) is 5.92 Å². The lowest BCUT2D eigenvalue weighted by atomic mass is 10.1. The van der Waals surface area contributed by atoms with Gasteiger partial charge < -0.3 is 0 Å². The molecule has 3 aliphatic rings. The monoisotopic (exact) mass is 250 g/mol. The highest BCUT2D eigenvalue weighted by molar-refractivity contribution is 6.42. The van der Waals surface area contributed by atoms with Crippen LogP contribution in [0.5, 0.6) is 0 Å². The molecule has 0 heteroatoms. The van der Waals surface area contributed by atoms with Crippen molar-refractivity contribution in [1.82, 2.24) is 0 Å². The second kappa shape index (κ2) is 2.35. The van der Waals surface area contributed by atoms with Crippen LogP contribution in [0.25, 0.3) is 44.0 Å². The Kier molecular flexibility index (Phi) is 1.03. The Morgan fingerprint density at radius 1 is 0.850 bits per heavy atom. The number of allylic oxidation sites excluding steroid dienone is 2. The molecule has 20 heavy (non-hydrogen) atoms. The highest BCUT2D eigenvalue weighted by atomic mass is 14.3. The first-order chi connectivity index (χ1) is 9.88. The van der Waals surface area contributed by atoms with Gasteiger partial charge >= 0.3 is 0 Å². The molecule has 0 radical (unpaired) electrons. The summed E-state index contributed by atoms with van der Waals surface area (Å²) in [5.41, 5.74) is 6.18. The lowest BCUT2D eigenvalue weighted by molar-refractivity contribution is 1.39. The molecule has 90 valence electrons. The largest absolute Gasteiger partial charge is 0.0684 e. The Morgan fingerprint density at radius 3 is 2.80 bits per heavy atom. The maximum atomic E-state index is 2.44. The summed E-state index contributed by atoms with van der Waals surface area (Å²) in [6.07, 6.45) is 5.99. The van der Waals surface area contributed by atoms with Crippen LogP contribution in [0.2, 0.25) is 0 Å². The molecular formula is C20H10. The first kappa shape index (κ1) is 8.76. The molecule has 0 nitrogen and oxygen atoms in total. The van der Waals surface area contributed by atoms with Crippen LogP contribution in [0.4, 0.5) is 0 Å². The summed E-state index contributed by atoms with van der Waals surface area (Å²) in [7, 11) is 0. The molecule has 0 heterocycles. The van der Waals surface area contributed by atoms with Crippen LogP contribution in [0.3, 0.4) is 0 Å². The summed E-state index contributed by atoms with van der Waals surface area (Å²) < 4.78 is 0. The summed E-state index contributed by atoms with van der Waals surface area (Å²) in [5.74, 6) is 0.648. The minimum absolute atomic E-state index is 0.648. The molecular weight excluding hydrogens is 240 g/mol. The highest BCUT2D eigenvalue weighted by Gasteiger charge is 2.31. The van der Waals surface area contributed by atoms with Crippen molar-refractivity contribution < 1.29 is 0 Å². The summed E-state index contributed by atoms with van der Waals surface area (Å²) in [4.78, 5) is 0. The summed E-state index contributed by atoms with van der Waals surface area (Å²) in [5, 5.41) is 10.4. The van der Waals surface area contributed by atoms with Crippen molar-refractivity contribution in [1.29, 1.82) is 0 Å². The molecule has 4 aromatic carbocycles. The Balaban J connectivity index is 1.78. The number of hydrogen-bond acceptors (Lipinski definition) is 0. The number of benzene rings is 2. The average Bonchev–Trinajstić information content (AvgIpc) is 3.32. The van der Waals surface area contributed by atoms with Crippen molar-refractivity contribution >= 4 is 44.0 Å². The molecule has 0 aromatic heterocycles. The van der Waals surface area contributed by atoms with E-state index in [-0.39, 0.29) is 0 Å². The van der Waals surface area contributed by atoms with Gasteiger partial charge in [0.15, 0.2) is 0 Å². The van der Waals surface area contributed by atoms with Crippen LogP contribution in [0.15, 0.2) is 36.4 Å². The first-order valence-corrected chi connectivity index (χ1v) is 7.38. The van der Waals surface area contributed by atoms with E-state index in [1.54, 1.807) is 22.1 Å². The van der Waals surface area contributed by atoms with Gasteiger partial charge in [0.25, 0.3) is 0 Å². The Labute approximate surface area is 115 Å². The predicted molar refractivity (Wildman–Crippen MR) is 84.1 cm³/mol. The second-order valence-electron chi connectivity index (χ2n) is 6.58. The van der Waals surface area contributed by atoms with E-state index in [2.05, 4.69) is 42.5 Å². The summed E-state index contributed by atoms with van der Waals surface area (Å²) >= 11 is 0. The molecule has 1 atom stereocenters. The van der Waals surface area contributed by atoms with Crippen LogP contribution >= 0.6 is 0 Å². The molecule has 0 aliphatic heterocycles. The van der Waals surface area contributed by atoms with E-state index in [9.17, 15) is 0 Å². The number of rotatable bonds is 0. The minimum atomic E-state index is 0.648. The Hall–Kier alpha value is -2.34. The van der Waals surface area contributed by atoms with Crippen LogP contribution < -0.4 is 5.22 Å². The van der Waals surface area contributed by atoms with Gasteiger partial charge in [-0.3, -0.25) is 0 Å². The molecule has 4 aromatic rings. The van der Waals surface area contributed by atoms with Crippen molar-refractivity contribution in [3.8, 4) is 0 Å². The lowest BCUT2D eigenvalue weighted by Gasteiger charge is -1.93. The second-order valence-corrected chi connectivity index (χ2v) is 6.58. The fourth-order valence-electron chi connectivity index (χ4n) is 4.26. The van der Waals surface area contributed by atoms with Gasteiger partial charge in [0.2, 0.25) is 0 Å². The third-order valence-corrected chi connectivity index (χ3v) is 5.47. The molecule has 0 spiro atoms. The summed E-state index contributed by atoms with van der Waals surface area (Å²) in [6.45, 7) is 0. The van der Waals surface area contributed by atoms with Gasteiger partial charge in [-0.1, -0.05) is 24.3 Å². The zero-order valence-corrected chi connectivity index (χ0v) is 10.8.